The van der Waals surface area contributed by atoms with Gasteiger partial charge < -0.3 is 5.32 Å². The third-order valence-corrected chi connectivity index (χ3v) is 2.64. The molecule has 2 heterocycles. The maximum absolute atomic E-state index is 10.6. The number of carbonyl (C=O) groups is 1. The molecule has 0 aromatic carbocycles. The molecule has 3 heteroatoms. The lowest BCUT2D eigenvalue weighted by Crippen LogP contribution is -2.26. The lowest BCUT2D eigenvalue weighted by Gasteiger charge is -2.23. The number of carbonyl (C=O) groups excluding carboxylic acids is 1. The van der Waals surface area contributed by atoms with Crippen LogP contribution in [0.3, 0.4) is 0 Å². The quantitative estimate of drug-likeness (QED) is 0.722. The van der Waals surface area contributed by atoms with Crippen LogP contribution in [0.25, 0.3) is 0 Å². The smallest absolute Gasteiger partial charge is 0.168 e. The van der Waals surface area contributed by atoms with Crippen molar-refractivity contribution < 1.29 is 4.79 Å². The molecular weight excluding hydrogens is 176 g/mol. The summed E-state index contributed by atoms with van der Waals surface area (Å²) in [5.41, 5.74) is 1.71. The Morgan fingerprint density at radius 1 is 1.50 bits per heavy atom. The number of piperidine rings is 1. The van der Waals surface area contributed by atoms with Crippen LogP contribution in [0.15, 0.2) is 18.3 Å². The van der Waals surface area contributed by atoms with Gasteiger partial charge in [-0.15, -0.1) is 0 Å². The molecule has 0 aliphatic carbocycles. The number of aromatic nitrogens is 1. The predicted molar refractivity (Wildman–Crippen MR) is 54.2 cm³/mol. The Labute approximate surface area is 83.5 Å². The fourth-order valence-electron chi connectivity index (χ4n) is 1.88. The number of pyridine rings is 1. The molecule has 14 heavy (non-hydrogen) atoms. The van der Waals surface area contributed by atoms with E-state index in [1.165, 1.54) is 18.4 Å². The molecule has 0 bridgehead atoms. The molecule has 1 aromatic heterocycles. The average Bonchev–Trinajstić information content (AvgIpc) is 2.30. The highest BCUT2D eigenvalue weighted by atomic mass is 16.1. The maximum atomic E-state index is 10.6. The Bertz CT molecular complexity index is 319. The minimum absolute atomic E-state index is 0.408. The topological polar surface area (TPSA) is 42.0 Å². The van der Waals surface area contributed by atoms with E-state index < -0.39 is 0 Å². The summed E-state index contributed by atoms with van der Waals surface area (Å²) in [6.07, 6.45) is 6.17. The van der Waals surface area contributed by atoms with Gasteiger partial charge in [-0.3, -0.25) is 9.78 Å². The van der Waals surface area contributed by atoms with Gasteiger partial charge in [0.2, 0.25) is 0 Å². The van der Waals surface area contributed by atoms with Crippen LogP contribution in [0.1, 0.15) is 41.4 Å². The molecule has 0 spiro atoms. The first-order valence-corrected chi connectivity index (χ1v) is 5.04. The van der Waals surface area contributed by atoms with Gasteiger partial charge >= 0.3 is 0 Å². The molecule has 3 nitrogen and oxygen atoms in total. The summed E-state index contributed by atoms with van der Waals surface area (Å²) in [4.78, 5) is 14.5. The molecule has 74 valence electrons. The fraction of sp³-hybridized carbons (Fsp3) is 0.455. The van der Waals surface area contributed by atoms with Gasteiger partial charge in [0.1, 0.15) is 5.69 Å². The van der Waals surface area contributed by atoms with Crippen molar-refractivity contribution in [1.82, 2.24) is 10.3 Å². The highest BCUT2D eigenvalue weighted by molar-refractivity contribution is 5.71. The first kappa shape index (κ1) is 9.34. The van der Waals surface area contributed by atoms with Crippen LogP contribution < -0.4 is 5.32 Å². The Balaban J connectivity index is 2.17. The molecule has 0 radical (unpaired) electrons. The summed E-state index contributed by atoms with van der Waals surface area (Å²) in [7, 11) is 0. The zero-order chi connectivity index (χ0) is 9.80. The van der Waals surface area contributed by atoms with Crippen molar-refractivity contribution in [3.63, 3.8) is 0 Å². The lowest BCUT2D eigenvalue weighted by atomic mass is 9.98. The fourth-order valence-corrected chi connectivity index (χ4v) is 1.88. The van der Waals surface area contributed by atoms with Crippen molar-refractivity contribution in [2.45, 2.75) is 25.3 Å². The number of aldehydes is 1. The Kier molecular flexibility index (Phi) is 2.89. The van der Waals surface area contributed by atoms with Gasteiger partial charge in [-0.05, 0) is 37.1 Å². The second-order valence-electron chi connectivity index (χ2n) is 3.63. The largest absolute Gasteiger partial charge is 0.310 e. The standard InChI is InChI=1S/C11H14N2O/c14-8-10-7-9(4-6-12-10)11-3-1-2-5-13-11/h4,6-8,11,13H,1-3,5H2. The Morgan fingerprint density at radius 3 is 3.14 bits per heavy atom. The summed E-state index contributed by atoms with van der Waals surface area (Å²) in [5, 5.41) is 3.44. The Morgan fingerprint density at radius 2 is 2.43 bits per heavy atom. The van der Waals surface area contributed by atoms with E-state index in [1.807, 2.05) is 12.1 Å². The van der Waals surface area contributed by atoms with Gasteiger partial charge in [-0.25, -0.2) is 0 Å². The van der Waals surface area contributed by atoms with Gasteiger partial charge in [0.25, 0.3) is 0 Å². The second-order valence-corrected chi connectivity index (χ2v) is 3.63. The van der Waals surface area contributed by atoms with E-state index in [-0.39, 0.29) is 0 Å². The molecule has 1 saturated heterocycles. The average molecular weight is 190 g/mol. The molecule has 1 atom stereocenters. The summed E-state index contributed by atoms with van der Waals surface area (Å²) in [6.45, 7) is 1.07. The van der Waals surface area contributed by atoms with E-state index in [1.54, 1.807) is 6.20 Å². The molecule has 1 unspecified atom stereocenters. The molecule has 1 N–H and O–H groups in total. The highest BCUT2D eigenvalue weighted by Crippen LogP contribution is 2.22. The normalized spacial score (nSPS) is 21.9. The minimum atomic E-state index is 0.408. The van der Waals surface area contributed by atoms with Crippen LogP contribution in [0.4, 0.5) is 0 Å². The van der Waals surface area contributed by atoms with Crippen LogP contribution >= 0.6 is 0 Å². The van der Waals surface area contributed by atoms with Crippen LogP contribution in [-0.4, -0.2) is 17.8 Å². The lowest BCUT2D eigenvalue weighted by molar-refractivity contribution is 0.111. The summed E-state index contributed by atoms with van der Waals surface area (Å²) < 4.78 is 0. The molecule has 1 aromatic rings. The zero-order valence-corrected chi connectivity index (χ0v) is 8.07. The van der Waals surface area contributed by atoms with Crippen LogP contribution in [-0.2, 0) is 0 Å². The van der Waals surface area contributed by atoms with Gasteiger partial charge in [0, 0.05) is 12.2 Å². The van der Waals surface area contributed by atoms with Crippen molar-refractivity contribution in [3.05, 3.63) is 29.6 Å². The first-order valence-electron chi connectivity index (χ1n) is 5.04. The van der Waals surface area contributed by atoms with E-state index in [9.17, 15) is 4.79 Å². The summed E-state index contributed by atoms with van der Waals surface area (Å²) in [6, 6.07) is 4.26. The molecule has 0 amide bonds. The van der Waals surface area contributed by atoms with Crippen molar-refractivity contribution in [1.29, 1.82) is 0 Å². The number of nitrogens with one attached hydrogen (secondary N) is 1. The third kappa shape index (κ3) is 1.99. The van der Waals surface area contributed by atoms with Gasteiger partial charge in [-0.1, -0.05) is 6.42 Å². The highest BCUT2D eigenvalue weighted by Gasteiger charge is 2.14. The molecular formula is C11H14N2O. The Hall–Kier alpha value is -1.22. The van der Waals surface area contributed by atoms with Crippen molar-refractivity contribution in [2.24, 2.45) is 0 Å². The van der Waals surface area contributed by atoms with Crippen molar-refractivity contribution in [2.75, 3.05) is 6.54 Å². The number of rotatable bonds is 2. The van der Waals surface area contributed by atoms with Crippen molar-refractivity contribution >= 4 is 6.29 Å². The van der Waals surface area contributed by atoms with Gasteiger partial charge in [-0.2, -0.15) is 0 Å². The predicted octanol–water partition coefficient (Wildman–Crippen LogP) is 1.71. The van der Waals surface area contributed by atoms with Crippen LogP contribution in [0.5, 0.6) is 0 Å². The van der Waals surface area contributed by atoms with Gasteiger partial charge in [0.15, 0.2) is 6.29 Å². The zero-order valence-electron chi connectivity index (χ0n) is 8.07. The van der Waals surface area contributed by atoms with Crippen molar-refractivity contribution in [3.8, 4) is 0 Å². The maximum Gasteiger partial charge on any atom is 0.168 e. The number of hydrogen-bond donors (Lipinski definition) is 1. The van der Waals surface area contributed by atoms with E-state index in [0.29, 0.717) is 11.7 Å². The molecule has 1 fully saturated rings. The van der Waals surface area contributed by atoms with E-state index >= 15 is 0 Å². The van der Waals surface area contributed by atoms with Gasteiger partial charge in [0.05, 0.1) is 0 Å². The number of nitrogens with zero attached hydrogens (tertiary/aromatic N) is 1. The molecule has 2 rings (SSSR count). The summed E-state index contributed by atoms with van der Waals surface area (Å²) in [5.74, 6) is 0. The van der Waals surface area contributed by atoms with Crippen LogP contribution in [0, 0.1) is 0 Å². The first-order chi connectivity index (χ1) is 6.90. The second kappa shape index (κ2) is 4.33. The monoisotopic (exact) mass is 190 g/mol. The summed E-state index contributed by atoms with van der Waals surface area (Å²) >= 11 is 0. The van der Waals surface area contributed by atoms with E-state index in [4.69, 9.17) is 0 Å². The minimum Gasteiger partial charge on any atom is -0.310 e. The van der Waals surface area contributed by atoms with E-state index in [0.717, 1.165) is 19.3 Å². The van der Waals surface area contributed by atoms with E-state index in [2.05, 4.69) is 10.3 Å². The SMILES string of the molecule is O=Cc1cc(C2CCCCN2)ccn1. The third-order valence-electron chi connectivity index (χ3n) is 2.64. The molecule has 1 aliphatic rings. The molecule has 1 aliphatic heterocycles. The number of hydrogen-bond acceptors (Lipinski definition) is 3. The van der Waals surface area contributed by atoms with Crippen LogP contribution in [0.2, 0.25) is 0 Å². The molecule has 0 saturated carbocycles.